The Morgan fingerprint density at radius 2 is 2.14 bits per heavy atom. The lowest BCUT2D eigenvalue weighted by Gasteiger charge is -2.23. The van der Waals surface area contributed by atoms with Gasteiger partial charge in [-0.25, -0.2) is 0 Å². The molecule has 2 nitrogen and oxygen atoms in total. The van der Waals surface area contributed by atoms with E-state index in [2.05, 4.69) is 10.6 Å². The molecule has 1 heterocycles. The summed E-state index contributed by atoms with van der Waals surface area (Å²) < 4.78 is 35.3. The van der Waals surface area contributed by atoms with Crippen LogP contribution in [0.15, 0.2) is 0 Å². The number of alkyl halides is 3. The summed E-state index contributed by atoms with van der Waals surface area (Å²) in [4.78, 5) is 0. The first kappa shape index (κ1) is 11.8. The molecule has 5 heteroatoms. The van der Waals surface area contributed by atoms with Gasteiger partial charge in [0.05, 0.1) is 6.42 Å². The second-order valence-electron chi connectivity index (χ2n) is 3.78. The molecule has 0 amide bonds. The minimum absolute atomic E-state index is 0.0417. The Hall–Kier alpha value is -0.290. The van der Waals surface area contributed by atoms with Crippen LogP contribution in [0.4, 0.5) is 13.2 Å². The standard InChI is InChI=1S/C9H17F3N2/c10-9(11,12)3-5-14-7-8-2-1-4-13-6-8/h8,13-14H,1-7H2. The van der Waals surface area contributed by atoms with E-state index in [-0.39, 0.29) is 6.54 Å². The molecule has 1 rings (SSSR count). The lowest BCUT2D eigenvalue weighted by atomic mass is 10.00. The summed E-state index contributed by atoms with van der Waals surface area (Å²) in [6.07, 6.45) is -2.51. The van der Waals surface area contributed by atoms with E-state index in [1.807, 2.05) is 0 Å². The largest absolute Gasteiger partial charge is 0.390 e. The van der Waals surface area contributed by atoms with E-state index >= 15 is 0 Å². The number of rotatable bonds is 4. The van der Waals surface area contributed by atoms with Gasteiger partial charge in [-0.2, -0.15) is 13.2 Å². The molecule has 1 fully saturated rings. The zero-order valence-corrected chi connectivity index (χ0v) is 8.16. The predicted molar refractivity (Wildman–Crippen MR) is 49.1 cm³/mol. The highest BCUT2D eigenvalue weighted by atomic mass is 19.4. The molecule has 1 aliphatic rings. The van der Waals surface area contributed by atoms with Gasteiger partial charge >= 0.3 is 6.18 Å². The summed E-state index contributed by atoms with van der Waals surface area (Å²) in [5, 5.41) is 6.08. The van der Waals surface area contributed by atoms with Gasteiger partial charge in [-0.05, 0) is 38.4 Å². The van der Waals surface area contributed by atoms with Crippen molar-refractivity contribution >= 4 is 0 Å². The summed E-state index contributed by atoms with van der Waals surface area (Å²) in [5.74, 6) is 0.497. The van der Waals surface area contributed by atoms with Gasteiger partial charge < -0.3 is 10.6 Å². The van der Waals surface area contributed by atoms with Crippen molar-refractivity contribution in [1.29, 1.82) is 0 Å². The number of nitrogens with one attached hydrogen (secondary N) is 2. The van der Waals surface area contributed by atoms with E-state index in [9.17, 15) is 13.2 Å². The molecule has 1 unspecified atom stereocenters. The van der Waals surface area contributed by atoms with Crippen LogP contribution in [0.25, 0.3) is 0 Å². The van der Waals surface area contributed by atoms with Crippen molar-refractivity contribution in [3.05, 3.63) is 0 Å². The Kier molecular flexibility index (Phi) is 4.68. The Morgan fingerprint density at radius 3 is 2.71 bits per heavy atom. The fourth-order valence-electron chi connectivity index (χ4n) is 1.63. The molecule has 0 radical (unpaired) electrons. The van der Waals surface area contributed by atoms with Crippen LogP contribution in [0.3, 0.4) is 0 Å². The summed E-state index contributed by atoms with van der Waals surface area (Å²) in [5.41, 5.74) is 0. The lowest BCUT2D eigenvalue weighted by molar-refractivity contribution is -0.133. The molecule has 0 aromatic carbocycles. The quantitative estimate of drug-likeness (QED) is 0.688. The number of hydrogen-bond acceptors (Lipinski definition) is 2. The summed E-state index contributed by atoms with van der Waals surface area (Å²) in [6, 6.07) is 0. The molecule has 0 saturated carbocycles. The Balaban J connectivity index is 1.97. The molecule has 1 atom stereocenters. The van der Waals surface area contributed by atoms with Gasteiger partial charge in [0.25, 0.3) is 0 Å². The van der Waals surface area contributed by atoms with Gasteiger partial charge in [-0.15, -0.1) is 0 Å². The molecule has 84 valence electrons. The Bertz CT molecular complexity index is 153. The van der Waals surface area contributed by atoms with Crippen LogP contribution in [-0.2, 0) is 0 Å². The Morgan fingerprint density at radius 1 is 1.36 bits per heavy atom. The molecule has 0 spiro atoms. The lowest BCUT2D eigenvalue weighted by Crippen LogP contribution is -2.36. The number of piperidine rings is 1. The molecule has 0 bridgehead atoms. The SMILES string of the molecule is FC(F)(F)CCNCC1CCCNC1. The van der Waals surface area contributed by atoms with Crippen molar-refractivity contribution < 1.29 is 13.2 Å². The molecule has 0 aromatic rings. The maximum absolute atomic E-state index is 11.8. The average Bonchev–Trinajstić information content (AvgIpc) is 2.13. The smallest absolute Gasteiger partial charge is 0.316 e. The highest BCUT2D eigenvalue weighted by Gasteiger charge is 2.26. The highest BCUT2D eigenvalue weighted by molar-refractivity contribution is 4.71. The first-order valence-corrected chi connectivity index (χ1v) is 5.06. The fraction of sp³-hybridized carbons (Fsp3) is 1.00. The average molecular weight is 210 g/mol. The normalized spacial score (nSPS) is 23.8. The summed E-state index contributed by atoms with van der Waals surface area (Å²) in [6.45, 7) is 2.71. The maximum atomic E-state index is 11.8. The highest BCUT2D eigenvalue weighted by Crippen LogP contribution is 2.18. The molecular weight excluding hydrogens is 193 g/mol. The summed E-state index contributed by atoms with van der Waals surface area (Å²) >= 11 is 0. The third kappa shape index (κ3) is 5.44. The fourth-order valence-corrected chi connectivity index (χ4v) is 1.63. The number of hydrogen-bond donors (Lipinski definition) is 2. The van der Waals surface area contributed by atoms with Gasteiger partial charge in [0.2, 0.25) is 0 Å². The van der Waals surface area contributed by atoms with Crippen LogP contribution in [0.2, 0.25) is 0 Å². The predicted octanol–water partition coefficient (Wildman–Crippen LogP) is 1.53. The molecule has 0 aliphatic carbocycles. The third-order valence-corrected chi connectivity index (χ3v) is 2.42. The van der Waals surface area contributed by atoms with E-state index in [1.165, 1.54) is 0 Å². The van der Waals surface area contributed by atoms with Crippen molar-refractivity contribution in [2.75, 3.05) is 26.2 Å². The van der Waals surface area contributed by atoms with Gasteiger partial charge in [0.1, 0.15) is 0 Å². The molecule has 0 aromatic heterocycles. The van der Waals surface area contributed by atoms with Gasteiger partial charge in [0, 0.05) is 6.54 Å². The molecule has 1 saturated heterocycles. The van der Waals surface area contributed by atoms with Crippen molar-refractivity contribution in [2.24, 2.45) is 5.92 Å². The first-order chi connectivity index (χ1) is 6.58. The van der Waals surface area contributed by atoms with Gasteiger partial charge in [-0.3, -0.25) is 0 Å². The van der Waals surface area contributed by atoms with Crippen LogP contribution < -0.4 is 10.6 Å². The second kappa shape index (κ2) is 5.56. The van der Waals surface area contributed by atoms with Crippen molar-refractivity contribution in [2.45, 2.75) is 25.4 Å². The molecule has 2 N–H and O–H groups in total. The van der Waals surface area contributed by atoms with Crippen LogP contribution in [-0.4, -0.2) is 32.4 Å². The van der Waals surface area contributed by atoms with Gasteiger partial charge in [0.15, 0.2) is 0 Å². The van der Waals surface area contributed by atoms with E-state index in [0.29, 0.717) is 12.5 Å². The maximum Gasteiger partial charge on any atom is 0.390 e. The van der Waals surface area contributed by atoms with Crippen molar-refractivity contribution in [1.82, 2.24) is 10.6 Å². The first-order valence-electron chi connectivity index (χ1n) is 5.06. The zero-order valence-electron chi connectivity index (χ0n) is 8.16. The minimum atomic E-state index is -4.03. The van der Waals surface area contributed by atoms with Crippen molar-refractivity contribution in [3.8, 4) is 0 Å². The van der Waals surface area contributed by atoms with Crippen LogP contribution in [0.5, 0.6) is 0 Å². The summed E-state index contributed by atoms with van der Waals surface area (Å²) in [7, 11) is 0. The molecule has 14 heavy (non-hydrogen) atoms. The third-order valence-electron chi connectivity index (χ3n) is 2.42. The monoisotopic (exact) mass is 210 g/mol. The molecule has 1 aliphatic heterocycles. The van der Waals surface area contributed by atoms with Crippen molar-refractivity contribution in [3.63, 3.8) is 0 Å². The topological polar surface area (TPSA) is 24.1 Å². The zero-order chi connectivity index (χ0) is 10.4. The van der Waals surface area contributed by atoms with E-state index in [0.717, 1.165) is 25.9 Å². The van der Waals surface area contributed by atoms with Crippen LogP contribution >= 0.6 is 0 Å². The van der Waals surface area contributed by atoms with E-state index in [1.54, 1.807) is 0 Å². The van der Waals surface area contributed by atoms with Gasteiger partial charge in [-0.1, -0.05) is 0 Å². The number of halogens is 3. The second-order valence-corrected chi connectivity index (χ2v) is 3.78. The van der Waals surface area contributed by atoms with E-state index in [4.69, 9.17) is 0 Å². The Labute approximate surface area is 82.2 Å². The minimum Gasteiger partial charge on any atom is -0.316 e. The van der Waals surface area contributed by atoms with Crippen LogP contribution in [0, 0.1) is 5.92 Å². The van der Waals surface area contributed by atoms with E-state index < -0.39 is 12.6 Å². The van der Waals surface area contributed by atoms with Crippen LogP contribution in [0.1, 0.15) is 19.3 Å². The molecular formula is C9H17F3N2.